The summed E-state index contributed by atoms with van der Waals surface area (Å²) >= 11 is 0. The van der Waals surface area contributed by atoms with Crippen molar-refractivity contribution in [3.63, 3.8) is 0 Å². The zero-order chi connectivity index (χ0) is 23.6. The van der Waals surface area contributed by atoms with Gasteiger partial charge in [-0.2, -0.15) is 0 Å². The molecule has 0 amide bonds. The number of carbonyl (C=O) groups excluding carboxylic acids is 1. The van der Waals surface area contributed by atoms with Crippen LogP contribution in [0.5, 0.6) is 17.2 Å². The lowest BCUT2D eigenvalue weighted by Gasteiger charge is -2.23. The Morgan fingerprint density at radius 2 is 1.74 bits per heavy atom. The third kappa shape index (κ3) is 4.23. The van der Waals surface area contributed by atoms with Crippen molar-refractivity contribution in [2.75, 3.05) is 19.8 Å². The number of ether oxygens (including phenoxy) is 3. The minimum absolute atomic E-state index is 0.213. The largest absolute Gasteiger partial charge is 0.490 e. The molecule has 4 aromatic rings. The summed E-state index contributed by atoms with van der Waals surface area (Å²) in [6.07, 6.45) is 3.31. The van der Waals surface area contributed by atoms with Crippen LogP contribution in [0.1, 0.15) is 33.7 Å². The molecule has 35 heavy (non-hydrogen) atoms. The lowest BCUT2D eigenvalue weighted by molar-refractivity contribution is 0.102. The zero-order valence-electron chi connectivity index (χ0n) is 19.2. The van der Waals surface area contributed by atoms with Crippen LogP contribution in [0.25, 0.3) is 16.7 Å². The highest BCUT2D eigenvalue weighted by Gasteiger charge is 2.24. The average Bonchev–Trinajstić information content (AvgIpc) is 3.11. The van der Waals surface area contributed by atoms with Crippen molar-refractivity contribution in [2.45, 2.75) is 19.4 Å². The first-order valence-electron chi connectivity index (χ1n) is 11.9. The summed E-state index contributed by atoms with van der Waals surface area (Å²) in [7, 11) is 0. The molecule has 0 radical (unpaired) electrons. The molecule has 0 spiro atoms. The molecule has 0 saturated carbocycles. The van der Waals surface area contributed by atoms with Gasteiger partial charge >= 0.3 is 0 Å². The topological polar surface area (TPSA) is 69.9 Å². The van der Waals surface area contributed by atoms with E-state index in [9.17, 15) is 4.79 Å². The maximum atomic E-state index is 13.5. The maximum Gasteiger partial charge on any atom is 0.223 e. The molecule has 6 nitrogen and oxygen atoms in total. The molecule has 0 aliphatic carbocycles. The van der Waals surface area contributed by atoms with E-state index in [2.05, 4.69) is 5.32 Å². The molecule has 2 aliphatic heterocycles. The van der Waals surface area contributed by atoms with Crippen molar-refractivity contribution in [1.29, 1.82) is 0 Å². The first-order valence-corrected chi connectivity index (χ1v) is 11.9. The van der Waals surface area contributed by atoms with Gasteiger partial charge in [0.2, 0.25) is 5.78 Å². The molecule has 0 unspecified atom stereocenters. The summed E-state index contributed by atoms with van der Waals surface area (Å²) in [4.78, 5) is 13.5. The van der Waals surface area contributed by atoms with Crippen LogP contribution in [0, 0.1) is 0 Å². The van der Waals surface area contributed by atoms with Crippen LogP contribution in [0.15, 0.2) is 77.2 Å². The number of fused-ring (bicyclic) bond motifs is 3. The van der Waals surface area contributed by atoms with Gasteiger partial charge in [-0.25, -0.2) is 0 Å². The molecule has 3 heterocycles. The predicted octanol–water partition coefficient (Wildman–Crippen LogP) is 5.54. The van der Waals surface area contributed by atoms with Gasteiger partial charge in [0.1, 0.15) is 17.9 Å². The molecule has 2 aliphatic rings. The van der Waals surface area contributed by atoms with Gasteiger partial charge in [0.15, 0.2) is 17.3 Å². The van der Waals surface area contributed by atoms with E-state index in [-0.39, 0.29) is 18.2 Å². The Bertz CT molecular complexity index is 1420. The summed E-state index contributed by atoms with van der Waals surface area (Å²) in [5, 5.41) is 4.25. The van der Waals surface area contributed by atoms with E-state index < -0.39 is 0 Å². The van der Waals surface area contributed by atoms with E-state index in [1.807, 2.05) is 66.7 Å². The number of ketones is 1. The van der Waals surface area contributed by atoms with Crippen LogP contribution in [-0.4, -0.2) is 25.5 Å². The molecule has 3 aromatic carbocycles. The minimum atomic E-state index is -0.213. The van der Waals surface area contributed by atoms with Crippen LogP contribution in [0.2, 0.25) is 0 Å². The van der Waals surface area contributed by atoms with Crippen molar-refractivity contribution in [1.82, 2.24) is 5.32 Å². The Morgan fingerprint density at radius 1 is 0.971 bits per heavy atom. The summed E-state index contributed by atoms with van der Waals surface area (Å²) in [6.45, 7) is 2.22. The first-order chi connectivity index (χ1) is 17.3. The van der Waals surface area contributed by atoms with Crippen molar-refractivity contribution >= 4 is 22.4 Å². The summed E-state index contributed by atoms with van der Waals surface area (Å²) in [5.74, 6) is 2.30. The standard InChI is InChI=1S/C29H25NO5/c31-25(17-24-22-16-28-27(32-13-6-14-33-28)15-19(22)11-12-30-24)29-23(18-34-20-7-2-1-3-8-20)21-9-4-5-10-26(21)35-29/h1-5,7-10,15-17,30H,6,11-14,18H2. The normalized spacial score (nSPS) is 15.8. The van der Waals surface area contributed by atoms with Crippen molar-refractivity contribution in [3.8, 4) is 17.2 Å². The third-order valence-corrected chi connectivity index (χ3v) is 6.30. The van der Waals surface area contributed by atoms with Gasteiger partial charge in [-0.1, -0.05) is 36.4 Å². The van der Waals surface area contributed by atoms with Crippen LogP contribution in [-0.2, 0) is 13.0 Å². The molecule has 1 N–H and O–H groups in total. The number of rotatable bonds is 5. The average molecular weight is 468 g/mol. The Morgan fingerprint density at radius 3 is 2.60 bits per heavy atom. The van der Waals surface area contributed by atoms with Crippen molar-refractivity contribution < 1.29 is 23.4 Å². The highest BCUT2D eigenvalue weighted by atomic mass is 16.5. The van der Waals surface area contributed by atoms with Crippen LogP contribution < -0.4 is 19.5 Å². The summed E-state index contributed by atoms with van der Waals surface area (Å²) in [5.41, 5.74) is 4.23. The number of hydrogen-bond acceptors (Lipinski definition) is 6. The highest BCUT2D eigenvalue weighted by molar-refractivity contribution is 6.10. The second-order valence-electron chi connectivity index (χ2n) is 8.61. The van der Waals surface area contributed by atoms with Gasteiger partial charge in [-0.05, 0) is 42.3 Å². The minimum Gasteiger partial charge on any atom is -0.490 e. The van der Waals surface area contributed by atoms with Gasteiger partial charge < -0.3 is 23.9 Å². The van der Waals surface area contributed by atoms with Gasteiger partial charge in [0.05, 0.1) is 13.2 Å². The smallest absolute Gasteiger partial charge is 0.223 e. The number of allylic oxidation sites excluding steroid dienone is 1. The molecular formula is C29H25NO5. The van der Waals surface area contributed by atoms with E-state index in [0.29, 0.717) is 24.5 Å². The van der Waals surface area contributed by atoms with E-state index in [1.165, 1.54) is 0 Å². The molecule has 176 valence electrons. The second-order valence-corrected chi connectivity index (χ2v) is 8.61. The van der Waals surface area contributed by atoms with Gasteiger partial charge in [0.25, 0.3) is 0 Å². The number of furan rings is 1. The molecular weight excluding hydrogens is 442 g/mol. The Kier molecular flexibility index (Phi) is 5.62. The fourth-order valence-corrected chi connectivity index (χ4v) is 4.57. The second kappa shape index (κ2) is 9.22. The van der Waals surface area contributed by atoms with Gasteiger partial charge in [-0.3, -0.25) is 4.79 Å². The quantitative estimate of drug-likeness (QED) is 0.307. The number of benzene rings is 3. The molecule has 0 atom stereocenters. The Balaban J connectivity index is 1.36. The zero-order valence-corrected chi connectivity index (χ0v) is 19.2. The summed E-state index contributed by atoms with van der Waals surface area (Å²) in [6, 6.07) is 21.2. The predicted molar refractivity (Wildman–Crippen MR) is 133 cm³/mol. The third-order valence-electron chi connectivity index (χ3n) is 6.30. The van der Waals surface area contributed by atoms with E-state index in [4.69, 9.17) is 18.6 Å². The molecule has 1 aromatic heterocycles. The molecule has 6 rings (SSSR count). The highest BCUT2D eigenvalue weighted by Crippen LogP contribution is 2.37. The van der Waals surface area contributed by atoms with Crippen LogP contribution in [0.4, 0.5) is 0 Å². The maximum absolute atomic E-state index is 13.5. The lowest BCUT2D eigenvalue weighted by Crippen LogP contribution is -2.23. The lowest BCUT2D eigenvalue weighted by atomic mass is 9.96. The van der Waals surface area contributed by atoms with Crippen molar-refractivity contribution in [3.05, 3.63) is 95.3 Å². The number of hydrogen-bond donors (Lipinski definition) is 1. The Labute approximate surface area is 203 Å². The molecule has 0 saturated heterocycles. The van der Waals surface area contributed by atoms with E-state index in [1.54, 1.807) is 6.08 Å². The van der Waals surface area contributed by atoms with Gasteiger partial charge in [0, 0.05) is 41.3 Å². The van der Waals surface area contributed by atoms with Crippen LogP contribution >= 0.6 is 0 Å². The summed E-state index contributed by atoms with van der Waals surface area (Å²) < 4.78 is 23.8. The Hall–Kier alpha value is -4.19. The van der Waals surface area contributed by atoms with Crippen LogP contribution in [0.3, 0.4) is 0 Å². The van der Waals surface area contributed by atoms with Gasteiger partial charge in [-0.15, -0.1) is 0 Å². The van der Waals surface area contributed by atoms with E-state index >= 15 is 0 Å². The first kappa shape index (κ1) is 21.4. The number of para-hydroxylation sites is 2. The SMILES string of the molecule is O=C(C=C1NCCc2cc3c(cc21)OCCCO3)c1oc2ccccc2c1COc1ccccc1. The molecule has 6 heteroatoms. The number of nitrogens with one attached hydrogen (secondary N) is 1. The fraction of sp³-hybridized carbons (Fsp3) is 0.207. The fourth-order valence-electron chi connectivity index (χ4n) is 4.57. The number of carbonyl (C=O) groups is 1. The monoisotopic (exact) mass is 467 g/mol. The van der Waals surface area contributed by atoms with E-state index in [0.717, 1.165) is 58.7 Å². The van der Waals surface area contributed by atoms with Crippen molar-refractivity contribution in [2.24, 2.45) is 0 Å². The molecule has 0 fully saturated rings. The molecule has 0 bridgehead atoms.